The maximum absolute atomic E-state index is 15.2. The van der Waals surface area contributed by atoms with Gasteiger partial charge in [0.25, 0.3) is 0 Å². The summed E-state index contributed by atoms with van der Waals surface area (Å²) < 4.78 is 22.3. The molecular weight excluding hydrogens is 629 g/mol. The number of aromatic hydroxyl groups is 1. The molecule has 1 atom stereocenters. The number of hydrogen-bond donors (Lipinski definition) is 1. The van der Waals surface area contributed by atoms with Gasteiger partial charge in [0, 0.05) is 25.7 Å². The first-order chi connectivity index (χ1) is 22.0. The molecule has 0 aliphatic carbocycles. The Hall–Kier alpha value is -4.52. The molecule has 1 saturated heterocycles. The highest BCUT2D eigenvalue weighted by atomic mass is 35.5. The Morgan fingerprint density at radius 2 is 1.79 bits per heavy atom. The van der Waals surface area contributed by atoms with Gasteiger partial charge < -0.3 is 24.9 Å². The van der Waals surface area contributed by atoms with E-state index in [2.05, 4.69) is 15.0 Å². The molecule has 0 radical (unpaired) electrons. The highest BCUT2D eigenvalue weighted by Gasteiger charge is 2.36. The van der Waals surface area contributed by atoms with E-state index in [4.69, 9.17) is 16.3 Å². The molecule has 12 nitrogen and oxygen atoms in total. The number of halogens is 2. The van der Waals surface area contributed by atoms with Crippen LogP contribution in [0.15, 0.2) is 35.4 Å². The smallest absolute Gasteiger partial charge is 0.442 e. The van der Waals surface area contributed by atoms with Gasteiger partial charge in [0.15, 0.2) is 17.2 Å². The van der Waals surface area contributed by atoms with Crippen molar-refractivity contribution in [1.29, 1.82) is 0 Å². The number of amides is 1. The third-order valence-corrected chi connectivity index (χ3v) is 8.24. The molecule has 1 aliphatic heterocycles. The molecule has 0 saturated carbocycles. The molecule has 1 fully saturated rings. The van der Waals surface area contributed by atoms with Crippen LogP contribution >= 0.6 is 11.6 Å². The van der Waals surface area contributed by atoms with Crippen LogP contribution in [0.5, 0.6) is 5.75 Å². The van der Waals surface area contributed by atoms with E-state index in [1.54, 1.807) is 25.7 Å². The summed E-state index contributed by atoms with van der Waals surface area (Å²) in [5.41, 5.74) is -1.14. The lowest BCUT2D eigenvalue weighted by Crippen LogP contribution is -2.55. The Bertz CT molecular complexity index is 1880. The number of rotatable bonds is 5. The zero-order chi connectivity index (χ0) is 34.5. The molecule has 1 aliphatic rings. The monoisotopic (exact) mass is 667 g/mol. The van der Waals surface area contributed by atoms with Crippen molar-refractivity contribution in [3.63, 3.8) is 0 Å². The standard InChI is InChI=1S/C33H39ClFN7O5/c1-17(2)25-28(26(18(3)4)37-16-36-25)41-30-20(14-21(34)27(42(30)46)24-22(35)10-9-11-23(24)43)29(38-31(41)44)40-13-12-39(15-19(40)5)32(45)47-33(6,7)8/h9-11,14,16-19,43H,12-13,15H2,1-8H3/t19-/m0/s1. The largest absolute Gasteiger partial charge is 0.710 e. The number of phenolic OH excluding ortho intramolecular Hbond substituents is 1. The molecule has 1 amide bonds. The first-order valence-corrected chi connectivity index (χ1v) is 15.9. The van der Waals surface area contributed by atoms with Gasteiger partial charge in [-0.1, -0.05) is 45.4 Å². The summed E-state index contributed by atoms with van der Waals surface area (Å²) in [6.45, 7) is 15.6. The summed E-state index contributed by atoms with van der Waals surface area (Å²) in [7, 11) is 0. The number of carbonyl (C=O) groups excluding carboxylic acids is 1. The summed E-state index contributed by atoms with van der Waals surface area (Å²) in [6.07, 6.45) is 0.957. The van der Waals surface area contributed by atoms with E-state index < -0.39 is 34.5 Å². The van der Waals surface area contributed by atoms with Gasteiger partial charge in [-0.05, 0) is 57.7 Å². The molecule has 0 spiro atoms. The molecular formula is C33H39ClFN7O5. The number of phenols is 1. The zero-order valence-electron chi connectivity index (χ0n) is 27.7. The molecule has 14 heteroatoms. The van der Waals surface area contributed by atoms with Crippen LogP contribution in [-0.4, -0.2) is 66.9 Å². The second-order valence-corrected chi connectivity index (χ2v) is 13.7. The third-order valence-electron chi connectivity index (χ3n) is 7.96. The molecule has 0 unspecified atom stereocenters. The number of carbonyl (C=O) groups is 1. The van der Waals surface area contributed by atoms with Crippen molar-refractivity contribution in [2.24, 2.45) is 0 Å². The Kier molecular flexibility index (Phi) is 9.06. The van der Waals surface area contributed by atoms with Crippen LogP contribution in [0.2, 0.25) is 5.02 Å². The van der Waals surface area contributed by atoms with Crippen LogP contribution in [0.25, 0.3) is 28.0 Å². The van der Waals surface area contributed by atoms with Crippen molar-refractivity contribution < 1.29 is 23.8 Å². The average molecular weight is 668 g/mol. The summed E-state index contributed by atoms with van der Waals surface area (Å²) in [4.78, 5) is 44.0. The highest BCUT2D eigenvalue weighted by molar-refractivity contribution is 6.33. The molecule has 1 N–H and O–H groups in total. The number of fused-ring (bicyclic) bond motifs is 1. The first kappa shape index (κ1) is 33.8. The van der Waals surface area contributed by atoms with Gasteiger partial charge in [-0.3, -0.25) is 0 Å². The van der Waals surface area contributed by atoms with Crippen molar-refractivity contribution in [1.82, 2.24) is 24.4 Å². The van der Waals surface area contributed by atoms with Gasteiger partial charge >= 0.3 is 17.4 Å². The van der Waals surface area contributed by atoms with Crippen molar-refractivity contribution in [3.05, 3.63) is 68.5 Å². The fourth-order valence-corrected chi connectivity index (χ4v) is 6.15. The van der Waals surface area contributed by atoms with Crippen molar-refractivity contribution in [2.45, 2.75) is 78.9 Å². The minimum absolute atomic E-state index is 0.168. The fraction of sp³-hybridized carbons (Fsp3) is 0.455. The topological polar surface area (TPSA) is 141 Å². The van der Waals surface area contributed by atoms with Gasteiger partial charge in [0.2, 0.25) is 0 Å². The van der Waals surface area contributed by atoms with E-state index in [0.29, 0.717) is 21.8 Å². The minimum Gasteiger partial charge on any atom is -0.710 e. The summed E-state index contributed by atoms with van der Waals surface area (Å²) in [6, 6.07) is 4.75. The van der Waals surface area contributed by atoms with Gasteiger partial charge in [0.1, 0.15) is 34.4 Å². The zero-order valence-corrected chi connectivity index (χ0v) is 28.5. The third kappa shape index (κ3) is 6.28. The van der Waals surface area contributed by atoms with Crippen LogP contribution in [0.1, 0.15) is 78.6 Å². The van der Waals surface area contributed by atoms with Gasteiger partial charge in [0.05, 0.1) is 16.4 Å². The van der Waals surface area contributed by atoms with E-state index in [1.807, 2.05) is 39.5 Å². The van der Waals surface area contributed by atoms with Gasteiger partial charge in [-0.2, -0.15) is 4.98 Å². The number of pyridine rings is 1. The van der Waals surface area contributed by atoms with Crippen LogP contribution < -0.4 is 15.3 Å². The van der Waals surface area contributed by atoms with E-state index in [9.17, 15) is 19.9 Å². The van der Waals surface area contributed by atoms with Crippen LogP contribution in [0.3, 0.4) is 0 Å². The van der Waals surface area contributed by atoms with E-state index in [1.165, 1.54) is 24.5 Å². The predicted molar refractivity (Wildman–Crippen MR) is 177 cm³/mol. The second-order valence-electron chi connectivity index (χ2n) is 13.3. The summed E-state index contributed by atoms with van der Waals surface area (Å²) >= 11 is 6.74. The molecule has 3 aromatic heterocycles. The molecule has 4 heterocycles. The lowest BCUT2D eigenvalue weighted by molar-refractivity contribution is -0.568. The number of anilines is 1. The Morgan fingerprint density at radius 3 is 2.34 bits per heavy atom. The number of piperazine rings is 1. The van der Waals surface area contributed by atoms with Gasteiger partial charge in [-0.25, -0.2) is 28.7 Å². The van der Waals surface area contributed by atoms with Crippen LogP contribution in [0.4, 0.5) is 15.0 Å². The SMILES string of the molecule is CC(C)c1ncnc(C(C)C)c1-n1c(=O)nc(N2CCN(C(=O)OC(C)(C)C)C[C@@H]2C)c2cc(Cl)c(-c3c(O)cccc3F)[n+]([O-])c21. The normalized spacial score (nSPS) is 15.6. The maximum Gasteiger partial charge on any atom is 0.442 e. The number of nitrogens with zero attached hydrogens (tertiary/aromatic N) is 7. The molecule has 1 aromatic carbocycles. The highest BCUT2D eigenvalue weighted by Crippen LogP contribution is 2.38. The van der Waals surface area contributed by atoms with Gasteiger partial charge in [-0.15, -0.1) is 4.57 Å². The van der Waals surface area contributed by atoms with Crippen molar-refractivity contribution >= 4 is 34.5 Å². The lowest BCUT2D eigenvalue weighted by Gasteiger charge is -2.40. The maximum atomic E-state index is 15.2. The average Bonchev–Trinajstić information content (AvgIpc) is 2.97. The van der Waals surface area contributed by atoms with Crippen LogP contribution in [0, 0.1) is 11.0 Å². The molecule has 5 rings (SSSR count). The predicted octanol–water partition coefficient (Wildman–Crippen LogP) is 5.67. The first-order valence-electron chi connectivity index (χ1n) is 15.5. The second kappa shape index (κ2) is 12.6. The number of hydrogen-bond acceptors (Lipinski definition) is 9. The minimum atomic E-state index is -0.875. The lowest BCUT2D eigenvalue weighted by atomic mass is 10.0. The van der Waals surface area contributed by atoms with E-state index >= 15 is 4.39 Å². The summed E-state index contributed by atoms with van der Waals surface area (Å²) in [5, 5.41) is 25.3. The number of aromatic nitrogens is 5. The quantitative estimate of drug-likeness (QED) is 0.211. The Labute approximate surface area is 277 Å². The van der Waals surface area contributed by atoms with Crippen LogP contribution in [-0.2, 0) is 4.74 Å². The number of ether oxygens (including phenoxy) is 1. The van der Waals surface area contributed by atoms with E-state index in [-0.39, 0.29) is 65.1 Å². The van der Waals surface area contributed by atoms with Crippen molar-refractivity contribution in [3.8, 4) is 22.7 Å². The fourth-order valence-electron chi connectivity index (χ4n) is 5.87. The molecule has 47 heavy (non-hydrogen) atoms. The van der Waals surface area contributed by atoms with E-state index in [0.717, 1.165) is 10.6 Å². The number of benzene rings is 1. The molecule has 0 bridgehead atoms. The van der Waals surface area contributed by atoms with Crippen molar-refractivity contribution in [2.75, 3.05) is 24.5 Å². The molecule has 250 valence electrons. The Morgan fingerprint density at radius 1 is 1.15 bits per heavy atom. The Balaban J connectivity index is 1.82. The summed E-state index contributed by atoms with van der Waals surface area (Å²) in [5.74, 6) is -1.58. The molecule has 4 aromatic rings.